The quantitative estimate of drug-likeness (QED) is 0.792. The van der Waals surface area contributed by atoms with Gasteiger partial charge in [-0.15, -0.1) is 0 Å². The van der Waals surface area contributed by atoms with Crippen LogP contribution in [0, 0.1) is 19.8 Å². The molecule has 0 heterocycles. The second kappa shape index (κ2) is 6.74. The Balaban J connectivity index is 1.78. The van der Waals surface area contributed by atoms with Gasteiger partial charge in [-0.1, -0.05) is 37.0 Å². The van der Waals surface area contributed by atoms with Crippen LogP contribution in [0.15, 0.2) is 18.2 Å². The van der Waals surface area contributed by atoms with Gasteiger partial charge in [0.1, 0.15) is 11.5 Å². The van der Waals surface area contributed by atoms with Gasteiger partial charge < -0.3 is 4.74 Å². The van der Waals surface area contributed by atoms with E-state index in [1.165, 1.54) is 24.8 Å². The van der Waals surface area contributed by atoms with Crippen molar-refractivity contribution in [3.8, 4) is 5.75 Å². The molecular formula is C17H24O2. The standard InChI is InChI=1S/C17H24O2/c1-13-8-9-17(14(2)12-13)19-11-10-16(18)15-6-4-3-5-7-15/h8-9,12,15H,3-7,10-11H2,1-2H3. The van der Waals surface area contributed by atoms with Crippen LogP contribution in [-0.2, 0) is 4.79 Å². The number of hydrogen-bond acceptors (Lipinski definition) is 2. The summed E-state index contributed by atoms with van der Waals surface area (Å²) in [6, 6.07) is 6.15. The van der Waals surface area contributed by atoms with Crippen LogP contribution in [0.3, 0.4) is 0 Å². The highest BCUT2D eigenvalue weighted by Crippen LogP contribution is 2.25. The maximum Gasteiger partial charge on any atom is 0.139 e. The first-order valence-electron chi connectivity index (χ1n) is 7.39. The Morgan fingerprint density at radius 3 is 2.63 bits per heavy atom. The minimum absolute atomic E-state index is 0.302. The number of ketones is 1. The van der Waals surface area contributed by atoms with Gasteiger partial charge in [-0.3, -0.25) is 4.79 Å². The molecule has 2 nitrogen and oxygen atoms in total. The summed E-state index contributed by atoms with van der Waals surface area (Å²) in [6.07, 6.45) is 6.45. The molecule has 0 spiro atoms. The van der Waals surface area contributed by atoms with E-state index in [0.29, 0.717) is 24.7 Å². The first-order chi connectivity index (χ1) is 9.16. The lowest BCUT2D eigenvalue weighted by molar-refractivity contribution is -0.124. The van der Waals surface area contributed by atoms with Gasteiger partial charge in [0.05, 0.1) is 6.61 Å². The topological polar surface area (TPSA) is 26.3 Å². The minimum Gasteiger partial charge on any atom is -0.493 e. The molecule has 0 saturated heterocycles. The van der Waals surface area contributed by atoms with Crippen molar-refractivity contribution in [2.45, 2.75) is 52.4 Å². The molecule has 0 radical (unpaired) electrons. The number of rotatable bonds is 5. The smallest absolute Gasteiger partial charge is 0.139 e. The highest BCUT2D eigenvalue weighted by atomic mass is 16.5. The molecule has 0 unspecified atom stereocenters. The lowest BCUT2D eigenvalue weighted by Gasteiger charge is -2.20. The summed E-state index contributed by atoms with van der Waals surface area (Å²) in [5.74, 6) is 1.60. The Morgan fingerprint density at radius 1 is 1.21 bits per heavy atom. The number of benzene rings is 1. The fourth-order valence-corrected chi connectivity index (χ4v) is 2.85. The summed E-state index contributed by atoms with van der Waals surface area (Å²) in [5, 5.41) is 0. The van der Waals surface area contributed by atoms with E-state index in [1.807, 2.05) is 19.1 Å². The van der Waals surface area contributed by atoms with E-state index in [1.54, 1.807) is 0 Å². The molecule has 0 N–H and O–H groups in total. The summed E-state index contributed by atoms with van der Waals surface area (Å²) in [4.78, 5) is 12.0. The highest BCUT2D eigenvalue weighted by molar-refractivity contribution is 5.81. The fourth-order valence-electron chi connectivity index (χ4n) is 2.85. The van der Waals surface area contributed by atoms with Crippen LogP contribution in [-0.4, -0.2) is 12.4 Å². The van der Waals surface area contributed by atoms with Gasteiger partial charge in [-0.25, -0.2) is 0 Å². The molecule has 0 amide bonds. The molecule has 2 rings (SSSR count). The van der Waals surface area contributed by atoms with Crippen molar-refractivity contribution in [3.05, 3.63) is 29.3 Å². The zero-order chi connectivity index (χ0) is 13.7. The molecule has 1 aromatic carbocycles. The van der Waals surface area contributed by atoms with Gasteiger partial charge >= 0.3 is 0 Å². The normalized spacial score (nSPS) is 16.3. The first-order valence-corrected chi connectivity index (χ1v) is 7.39. The first kappa shape index (κ1) is 14.1. The molecule has 2 heteroatoms. The zero-order valence-corrected chi connectivity index (χ0v) is 12.1. The van der Waals surface area contributed by atoms with Gasteiger partial charge in [-0.2, -0.15) is 0 Å². The summed E-state index contributed by atoms with van der Waals surface area (Å²) in [6.45, 7) is 4.63. The molecule has 1 aromatic rings. The molecule has 1 aliphatic carbocycles. The Morgan fingerprint density at radius 2 is 1.95 bits per heavy atom. The minimum atomic E-state index is 0.302. The number of carbonyl (C=O) groups excluding carboxylic acids is 1. The Bertz CT molecular complexity index is 431. The number of aryl methyl sites for hydroxylation is 2. The van der Waals surface area contributed by atoms with Crippen molar-refractivity contribution in [3.63, 3.8) is 0 Å². The van der Waals surface area contributed by atoms with E-state index >= 15 is 0 Å². The predicted molar refractivity (Wildman–Crippen MR) is 77.6 cm³/mol. The molecule has 1 fully saturated rings. The summed E-state index contributed by atoms with van der Waals surface area (Å²) < 4.78 is 5.73. The van der Waals surface area contributed by atoms with Crippen molar-refractivity contribution < 1.29 is 9.53 Å². The maximum atomic E-state index is 12.0. The lowest BCUT2D eigenvalue weighted by atomic mass is 9.85. The molecule has 1 saturated carbocycles. The summed E-state index contributed by atoms with van der Waals surface area (Å²) >= 11 is 0. The van der Waals surface area contributed by atoms with Gasteiger partial charge in [0.25, 0.3) is 0 Å². The predicted octanol–water partition coefficient (Wildman–Crippen LogP) is 4.22. The van der Waals surface area contributed by atoms with Crippen LogP contribution in [0.5, 0.6) is 5.75 Å². The van der Waals surface area contributed by atoms with Gasteiger partial charge in [-0.05, 0) is 38.3 Å². The van der Waals surface area contributed by atoms with E-state index in [2.05, 4.69) is 13.0 Å². The van der Waals surface area contributed by atoms with Crippen molar-refractivity contribution in [2.24, 2.45) is 5.92 Å². The van der Waals surface area contributed by atoms with Crippen LogP contribution in [0.25, 0.3) is 0 Å². The maximum absolute atomic E-state index is 12.0. The third-order valence-electron chi connectivity index (χ3n) is 4.00. The summed E-state index contributed by atoms with van der Waals surface area (Å²) in [5.41, 5.74) is 2.38. The Labute approximate surface area is 116 Å². The Kier molecular flexibility index (Phi) is 5.00. The van der Waals surface area contributed by atoms with Crippen molar-refractivity contribution >= 4 is 5.78 Å². The van der Waals surface area contributed by atoms with Crippen molar-refractivity contribution in [2.75, 3.05) is 6.61 Å². The number of carbonyl (C=O) groups is 1. The number of Topliss-reactive ketones (excluding diaryl/α,β-unsaturated/α-hetero) is 1. The van der Waals surface area contributed by atoms with Crippen LogP contribution in [0.1, 0.15) is 49.7 Å². The third kappa shape index (κ3) is 4.09. The third-order valence-corrected chi connectivity index (χ3v) is 4.00. The van der Waals surface area contributed by atoms with E-state index in [4.69, 9.17) is 4.74 Å². The van der Waals surface area contributed by atoms with E-state index < -0.39 is 0 Å². The second-order valence-electron chi connectivity index (χ2n) is 5.67. The van der Waals surface area contributed by atoms with E-state index in [-0.39, 0.29) is 0 Å². The number of hydrogen-bond donors (Lipinski definition) is 0. The van der Waals surface area contributed by atoms with Gasteiger partial charge in [0.15, 0.2) is 0 Å². The molecule has 0 aliphatic heterocycles. The van der Waals surface area contributed by atoms with E-state index in [0.717, 1.165) is 24.2 Å². The molecule has 0 atom stereocenters. The second-order valence-corrected chi connectivity index (χ2v) is 5.67. The largest absolute Gasteiger partial charge is 0.493 e. The molecule has 19 heavy (non-hydrogen) atoms. The van der Waals surface area contributed by atoms with Crippen LogP contribution < -0.4 is 4.74 Å². The Hall–Kier alpha value is -1.31. The van der Waals surface area contributed by atoms with E-state index in [9.17, 15) is 4.79 Å². The average molecular weight is 260 g/mol. The monoisotopic (exact) mass is 260 g/mol. The molecule has 0 aromatic heterocycles. The fraction of sp³-hybridized carbons (Fsp3) is 0.588. The van der Waals surface area contributed by atoms with Crippen molar-refractivity contribution in [1.29, 1.82) is 0 Å². The summed E-state index contributed by atoms with van der Waals surface area (Å²) in [7, 11) is 0. The highest BCUT2D eigenvalue weighted by Gasteiger charge is 2.20. The van der Waals surface area contributed by atoms with Crippen LogP contribution in [0.4, 0.5) is 0 Å². The van der Waals surface area contributed by atoms with Crippen LogP contribution >= 0.6 is 0 Å². The molecule has 104 valence electrons. The van der Waals surface area contributed by atoms with Gasteiger partial charge in [0, 0.05) is 12.3 Å². The van der Waals surface area contributed by atoms with Gasteiger partial charge in [0.2, 0.25) is 0 Å². The lowest BCUT2D eigenvalue weighted by Crippen LogP contribution is -2.19. The molecular weight excluding hydrogens is 236 g/mol. The molecule has 0 bridgehead atoms. The average Bonchev–Trinajstić information content (AvgIpc) is 2.42. The SMILES string of the molecule is Cc1ccc(OCCC(=O)C2CCCCC2)c(C)c1. The van der Waals surface area contributed by atoms with Crippen LogP contribution in [0.2, 0.25) is 0 Å². The number of ether oxygens (including phenoxy) is 1. The zero-order valence-electron chi connectivity index (χ0n) is 12.1. The van der Waals surface area contributed by atoms with Crippen molar-refractivity contribution in [1.82, 2.24) is 0 Å². The molecule has 1 aliphatic rings.